The maximum atomic E-state index is 9.54. The van der Waals surface area contributed by atoms with Gasteiger partial charge in [0.2, 0.25) is 0 Å². The number of hydrogen-bond acceptors (Lipinski definition) is 2. The zero-order valence-corrected chi connectivity index (χ0v) is 4.28. The number of rotatable bonds is 0. The third-order valence-electron chi connectivity index (χ3n) is 0.109. The normalized spacial score (nSPS) is 5.67. The summed E-state index contributed by atoms with van der Waals surface area (Å²) in [4.78, 5) is 9.54. The molecule has 0 unspecified atom stereocenters. The van der Waals surface area contributed by atoms with Crippen molar-refractivity contribution >= 4 is 51.8 Å². The van der Waals surface area contributed by atoms with E-state index in [9.17, 15) is 4.79 Å². The van der Waals surface area contributed by atoms with Crippen molar-refractivity contribution in [2.45, 2.75) is 6.92 Å². The van der Waals surface area contributed by atoms with Gasteiger partial charge in [-0.25, -0.2) is 0 Å². The van der Waals surface area contributed by atoms with Gasteiger partial charge in [-0.2, -0.15) is 0 Å². The average Bonchev–Trinajstić information content (AvgIpc) is 1.38. The van der Waals surface area contributed by atoms with E-state index in [4.69, 9.17) is 0 Å². The van der Waals surface area contributed by atoms with Gasteiger partial charge >= 0.3 is 35.5 Å². The molecular weight excluding hydrogens is 159 g/mol. The Hall–Kier alpha value is 0.950. The van der Waals surface area contributed by atoms with E-state index in [-0.39, 0.29) is 35.5 Å². The number of hydrogen-bond donors (Lipinski definition) is 0. The molecule has 0 heterocycles. The Bertz CT molecular complexity index is 46.8. The van der Waals surface area contributed by atoms with Crippen LogP contribution in [-0.2, 0) is 8.62 Å². The van der Waals surface area contributed by atoms with Crippen LogP contribution in [0.2, 0.25) is 0 Å². The van der Waals surface area contributed by atoms with E-state index in [1.165, 1.54) is 6.92 Å². The molecule has 0 saturated heterocycles. The first kappa shape index (κ1) is 10.0. The van der Waals surface area contributed by atoms with Gasteiger partial charge in [-0.1, -0.05) is 0 Å². The summed E-state index contributed by atoms with van der Waals surface area (Å²) in [6.07, 6.45) is 0. The van der Waals surface area contributed by atoms with E-state index in [1.807, 2.05) is 0 Å². The first-order valence-electron chi connectivity index (χ1n) is 1.06. The van der Waals surface area contributed by atoms with Crippen molar-refractivity contribution < 1.29 is 8.62 Å². The van der Waals surface area contributed by atoms with Gasteiger partial charge in [0.1, 0.15) is 0 Å². The molecule has 0 rings (SSSR count). The number of carbonyl (C=O) groups is 1. The second-order valence-corrected chi connectivity index (χ2v) is 0.892. The molecule has 0 bridgehead atoms. The molecule has 2 nitrogen and oxygen atoms in total. The maximum absolute atomic E-state index is 9.54. The van der Waals surface area contributed by atoms with Crippen molar-refractivity contribution in [3.05, 3.63) is 0 Å². The zero-order valence-electron chi connectivity index (χ0n) is 2.69. The molecule has 4 heteroatoms. The van der Waals surface area contributed by atoms with Crippen LogP contribution in [0.25, 0.3) is 0 Å². The third kappa shape index (κ3) is 8.87. The fraction of sp³-hybridized carbons (Fsp3) is 0.500. The topological polar surface area (TPSA) is 26.3 Å². The Balaban J connectivity index is 0. The molecule has 0 amide bonds. The molecule has 0 fully saturated rings. The molecule has 0 saturated carbocycles. The number of carbonyl (C=O) groups excluding carboxylic acids is 1. The molecule has 0 spiro atoms. The van der Waals surface area contributed by atoms with Crippen LogP contribution >= 0.6 is 16.3 Å². The zero-order chi connectivity index (χ0) is 4.28. The van der Waals surface area contributed by atoms with Gasteiger partial charge in [-0.15, -0.1) is 0 Å². The SMILES string of the molecule is CC(=O)OBr.[NaH]. The monoisotopic (exact) mass is 162 g/mol. The van der Waals surface area contributed by atoms with Gasteiger partial charge < -0.3 is 3.83 Å². The van der Waals surface area contributed by atoms with Crippen LogP contribution in [0.5, 0.6) is 0 Å². The summed E-state index contributed by atoms with van der Waals surface area (Å²) in [5.74, 6) is -0.329. The van der Waals surface area contributed by atoms with Crippen molar-refractivity contribution in [1.82, 2.24) is 0 Å². The molecule has 0 N–H and O–H groups in total. The Labute approximate surface area is 67.0 Å². The fourth-order valence-corrected chi connectivity index (χ4v) is 0. The Morgan fingerprint density at radius 3 is 2.00 bits per heavy atom. The van der Waals surface area contributed by atoms with Gasteiger partial charge in [0, 0.05) is 6.92 Å². The van der Waals surface area contributed by atoms with Gasteiger partial charge in [0.15, 0.2) is 16.3 Å². The molecule has 0 aromatic carbocycles. The third-order valence-corrected chi connectivity index (χ3v) is 0.565. The Morgan fingerprint density at radius 2 is 2.00 bits per heavy atom. The predicted molar refractivity (Wildman–Crippen MR) is 27.8 cm³/mol. The summed E-state index contributed by atoms with van der Waals surface area (Å²) in [6.45, 7) is 1.31. The predicted octanol–water partition coefficient (Wildman–Crippen LogP) is 0.211. The summed E-state index contributed by atoms with van der Waals surface area (Å²) in [7, 11) is 0. The van der Waals surface area contributed by atoms with Crippen molar-refractivity contribution in [1.29, 1.82) is 0 Å². The molecular formula is C2H4BrNaO2. The minimum atomic E-state index is -0.329. The molecule has 0 aliphatic heterocycles. The van der Waals surface area contributed by atoms with Crippen LogP contribution in [0.4, 0.5) is 0 Å². The van der Waals surface area contributed by atoms with Gasteiger partial charge in [-0.05, 0) is 0 Å². The van der Waals surface area contributed by atoms with Crippen LogP contribution in [0, 0.1) is 0 Å². The fourth-order valence-electron chi connectivity index (χ4n) is 0. The Kier molecular flexibility index (Phi) is 9.96. The Morgan fingerprint density at radius 1 is 1.83 bits per heavy atom. The molecule has 0 radical (unpaired) electrons. The summed E-state index contributed by atoms with van der Waals surface area (Å²) in [5.41, 5.74) is 0. The number of halogens is 1. The quantitative estimate of drug-likeness (QED) is 0.477. The van der Waals surface area contributed by atoms with Gasteiger partial charge in [0.25, 0.3) is 0 Å². The van der Waals surface area contributed by atoms with Crippen molar-refractivity contribution in [3.8, 4) is 0 Å². The van der Waals surface area contributed by atoms with Crippen molar-refractivity contribution in [3.63, 3.8) is 0 Å². The molecule has 0 aromatic heterocycles. The van der Waals surface area contributed by atoms with Crippen LogP contribution in [-0.4, -0.2) is 35.5 Å². The molecule has 0 aliphatic rings. The van der Waals surface area contributed by atoms with E-state index in [0.29, 0.717) is 0 Å². The molecule has 0 atom stereocenters. The van der Waals surface area contributed by atoms with Crippen LogP contribution in [0.1, 0.15) is 6.92 Å². The molecule has 32 valence electrons. The first-order valence-corrected chi connectivity index (χ1v) is 1.71. The van der Waals surface area contributed by atoms with E-state index in [2.05, 4.69) is 20.1 Å². The minimum absolute atomic E-state index is 0. The van der Waals surface area contributed by atoms with E-state index < -0.39 is 0 Å². The molecule has 0 aromatic rings. The van der Waals surface area contributed by atoms with Crippen molar-refractivity contribution in [2.24, 2.45) is 0 Å². The van der Waals surface area contributed by atoms with Crippen LogP contribution in [0.15, 0.2) is 0 Å². The second-order valence-electron chi connectivity index (χ2n) is 0.569. The van der Waals surface area contributed by atoms with E-state index in [1.54, 1.807) is 0 Å². The standard InChI is InChI=1S/C2H3BrO2.Na.H/c1-2(4)5-3;;/h1H3;;. The summed E-state index contributed by atoms with van der Waals surface area (Å²) in [6, 6.07) is 0. The molecule has 0 aliphatic carbocycles. The summed E-state index contributed by atoms with van der Waals surface area (Å²) < 4.78 is 3.92. The van der Waals surface area contributed by atoms with E-state index >= 15 is 0 Å². The van der Waals surface area contributed by atoms with Crippen LogP contribution in [0.3, 0.4) is 0 Å². The first-order chi connectivity index (χ1) is 2.27. The van der Waals surface area contributed by atoms with E-state index in [0.717, 1.165) is 0 Å². The summed E-state index contributed by atoms with van der Waals surface area (Å²) >= 11 is 2.46. The second kappa shape index (κ2) is 5.95. The molecule has 6 heavy (non-hydrogen) atoms. The summed E-state index contributed by atoms with van der Waals surface area (Å²) in [5, 5.41) is 0. The van der Waals surface area contributed by atoms with Crippen LogP contribution < -0.4 is 0 Å². The van der Waals surface area contributed by atoms with Gasteiger partial charge in [0.05, 0.1) is 0 Å². The van der Waals surface area contributed by atoms with Crippen molar-refractivity contribution in [2.75, 3.05) is 0 Å². The average molecular weight is 163 g/mol. The van der Waals surface area contributed by atoms with Gasteiger partial charge in [-0.3, -0.25) is 4.79 Å².